The van der Waals surface area contributed by atoms with Crippen molar-refractivity contribution >= 4 is 45.6 Å². The average molecular weight is 318 g/mol. The lowest BCUT2D eigenvalue weighted by molar-refractivity contribution is 1.18. The molecule has 0 amide bonds. The van der Waals surface area contributed by atoms with Crippen LogP contribution in [-0.4, -0.2) is 9.97 Å². The van der Waals surface area contributed by atoms with Crippen molar-refractivity contribution in [1.29, 1.82) is 5.26 Å². The van der Waals surface area contributed by atoms with Gasteiger partial charge in [0.2, 0.25) is 0 Å². The van der Waals surface area contributed by atoms with Gasteiger partial charge in [-0.1, -0.05) is 34.8 Å². The van der Waals surface area contributed by atoms with Crippen molar-refractivity contribution in [2.75, 3.05) is 5.73 Å². The smallest absolute Gasteiger partial charge is 0.134 e. The zero-order chi connectivity index (χ0) is 10.7. The topological polar surface area (TPSA) is 88.7 Å². The minimum atomic E-state index is 0.159. The highest BCUT2D eigenvalue weighted by molar-refractivity contribution is 14.1. The summed E-state index contributed by atoms with van der Waals surface area (Å²) in [6.45, 7) is 0. The minimum Gasteiger partial charge on any atom is -0.389 e. The van der Waals surface area contributed by atoms with Gasteiger partial charge in [-0.25, -0.2) is 4.98 Å². The van der Waals surface area contributed by atoms with Crippen LogP contribution in [0.15, 0.2) is 6.07 Å². The lowest BCUT2D eigenvalue weighted by Crippen LogP contribution is -2.14. The number of nitrogen functional groups attached to an aromatic ring is 1. The van der Waals surface area contributed by atoms with Crippen molar-refractivity contribution in [2.45, 2.75) is 4.43 Å². The Balaban J connectivity index is 3.40. The summed E-state index contributed by atoms with van der Waals surface area (Å²) < 4.78 is 0.627. The van der Waals surface area contributed by atoms with E-state index in [0.717, 1.165) is 0 Å². The van der Waals surface area contributed by atoms with Crippen molar-refractivity contribution in [2.24, 2.45) is 5.73 Å². The zero-order valence-electron chi connectivity index (χ0n) is 7.12. The van der Waals surface area contributed by atoms with Gasteiger partial charge in [-0.05, 0) is 6.07 Å². The van der Waals surface area contributed by atoms with E-state index in [1.807, 2.05) is 6.07 Å². The van der Waals surface area contributed by atoms with Gasteiger partial charge in [-0.2, -0.15) is 5.26 Å². The molecule has 0 aromatic carbocycles. The number of pyridine rings is 1. The Morgan fingerprint density at radius 3 is 2.79 bits per heavy atom. The first-order valence-electron chi connectivity index (χ1n) is 3.65. The maximum absolute atomic E-state index is 8.83. The van der Waals surface area contributed by atoms with Gasteiger partial charge in [0.1, 0.15) is 16.9 Å². The second-order valence-electron chi connectivity index (χ2n) is 2.53. The lowest BCUT2D eigenvalue weighted by Gasteiger charge is -2.06. The quantitative estimate of drug-likeness (QED) is 0.484. The van der Waals surface area contributed by atoms with E-state index in [1.54, 1.807) is 6.07 Å². The Morgan fingerprint density at radius 1 is 1.71 bits per heavy atom. The van der Waals surface area contributed by atoms with E-state index in [2.05, 4.69) is 27.6 Å². The summed E-state index contributed by atoms with van der Waals surface area (Å²) in [4.78, 5) is 4.22. The summed E-state index contributed by atoms with van der Waals surface area (Å²) in [5.41, 5.74) is 12.6. The molecular weight excluding hydrogens is 311 g/mol. The third-order valence-corrected chi connectivity index (χ3v) is 2.59. The van der Waals surface area contributed by atoms with E-state index >= 15 is 0 Å². The van der Waals surface area contributed by atoms with E-state index in [-0.39, 0.29) is 10.8 Å². The maximum Gasteiger partial charge on any atom is 0.134 e. The molecule has 0 saturated carbocycles. The Labute approximate surface area is 100 Å². The van der Waals surface area contributed by atoms with E-state index in [0.29, 0.717) is 21.2 Å². The SMILES string of the molecule is N#Cc1cc(C(N)=S)c(N)nc1CI. The second-order valence-corrected chi connectivity index (χ2v) is 3.73. The maximum atomic E-state index is 8.83. The fraction of sp³-hybridized carbons (Fsp3) is 0.125. The summed E-state index contributed by atoms with van der Waals surface area (Å²) in [6.07, 6.45) is 0. The van der Waals surface area contributed by atoms with Crippen molar-refractivity contribution in [3.8, 4) is 6.07 Å². The zero-order valence-corrected chi connectivity index (χ0v) is 10.1. The Morgan fingerprint density at radius 2 is 2.36 bits per heavy atom. The number of halogens is 1. The van der Waals surface area contributed by atoms with Gasteiger partial charge in [-0.3, -0.25) is 0 Å². The molecule has 6 heteroatoms. The monoisotopic (exact) mass is 318 g/mol. The molecule has 0 aliphatic rings. The fourth-order valence-electron chi connectivity index (χ4n) is 0.963. The number of nitrogens with two attached hydrogens (primary N) is 2. The van der Waals surface area contributed by atoms with Gasteiger partial charge in [-0.15, -0.1) is 0 Å². The predicted molar refractivity (Wildman–Crippen MR) is 67.0 cm³/mol. The number of aromatic nitrogens is 1. The van der Waals surface area contributed by atoms with Gasteiger partial charge in [0, 0.05) is 4.43 Å². The Hall–Kier alpha value is -0.940. The molecule has 0 unspecified atom stereocenters. The number of rotatable bonds is 2. The number of alkyl halides is 1. The molecule has 4 nitrogen and oxygen atoms in total. The number of hydrogen-bond donors (Lipinski definition) is 2. The Bertz CT molecular complexity index is 424. The van der Waals surface area contributed by atoms with Crippen LogP contribution in [0.25, 0.3) is 0 Å². The van der Waals surface area contributed by atoms with Gasteiger partial charge >= 0.3 is 0 Å². The highest BCUT2D eigenvalue weighted by Crippen LogP contribution is 2.16. The molecule has 14 heavy (non-hydrogen) atoms. The summed E-state index contributed by atoms with van der Waals surface area (Å²) in [5, 5.41) is 8.83. The Kier molecular flexibility index (Phi) is 3.60. The van der Waals surface area contributed by atoms with E-state index in [1.165, 1.54) is 0 Å². The molecule has 72 valence electrons. The minimum absolute atomic E-state index is 0.159. The van der Waals surface area contributed by atoms with Crippen LogP contribution in [0.3, 0.4) is 0 Å². The van der Waals surface area contributed by atoms with E-state index in [4.69, 9.17) is 28.9 Å². The molecule has 0 atom stereocenters. The summed E-state index contributed by atoms with van der Waals surface area (Å²) in [7, 11) is 0. The van der Waals surface area contributed by atoms with Gasteiger partial charge in [0.15, 0.2) is 0 Å². The van der Waals surface area contributed by atoms with Crippen LogP contribution in [-0.2, 0) is 4.43 Å². The van der Waals surface area contributed by atoms with Crippen LogP contribution >= 0.6 is 34.8 Å². The molecule has 0 aliphatic heterocycles. The highest BCUT2D eigenvalue weighted by Gasteiger charge is 2.10. The first-order chi connectivity index (χ1) is 6.60. The second kappa shape index (κ2) is 4.52. The molecule has 0 radical (unpaired) electrons. The van der Waals surface area contributed by atoms with E-state index < -0.39 is 0 Å². The third-order valence-electron chi connectivity index (χ3n) is 1.64. The normalized spacial score (nSPS) is 9.43. The first-order valence-corrected chi connectivity index (χ1v) is 5.58. The molecular formula is C8H7IN4S. The van der Waals surface area contributed by atoms with Crippen LogP contribution in [0.4, 0.5) is 5.82 Å². The molecule has 0 aliphatic carbocycles. The van der Waals surface area contributed by atoms with Crippen LogP contribution in [0.5, 0.6) is 0 Å². The fourth-order valence-corrected chi connectivity index (χ4v) is 1.71. The molecule has 0 bridgehead atoms. The molecule has 0 saturated heterocycles. The van der Waals surface area contributed by atoms with Crippen molar-refractivity contribution in [3.05, 3.63) is 22.9 Å². The number of thiocarbonyl (C=S) groups is 1. The predicted octanol–water partition coefficient (Wildman–Crippen LogP) is 1.10. The van der Waals surface area contributed by atoms with Gasteiger partial charge < -0.3 is 11.5 Å². The first kappa shape index (κ1) is 11.1. The molecule has 1 aromatic rings. The van der Waals surface area contributed by atoms with Crippen molar-refractivity contribution in [3.63, 3.8) is 0 Å². The average Bonchev–Trinajstić information content (AvgIpc) is 2.16. The summed E-state index contributed by atoms with van der Waals surface area (Å²) >= 11 is 6.90. The van der Waals surface area contributed by atoms with Crippen LogP contribution in [0.2, 0.25) is 0 Å². The standard InChI is InChI=1S/C8H7IN4S/c9-2-6-4(3-10)1-5(8(12)14)7(11)13-6/h1H,2H2,(H2,11,13)(H2,12,14). The van der Waals surface area contributed by atoms with Crippen LogP contribution in [0, 0.1) is 11.3 Å². The number of hydrogen-bond acceptors (Lipinski definition) is 4. The molecule has 1 heterocycles. The number of nitriles is 1. The summed E-state index contributed by atoms with van der Waals surface area (Å²) in [6, 6.07) is 3.61. The lowest BCUT2D eigenvalue weighted by atomic mass is 10.1. The molecule has 0 spiro atoms. The van der Waals surface area contributed by atoms with Gasteiger partial charge in [0.05, 0.1) is 16.8 Å². The van der Waals surface area contributed by atoms with Crippen LogP contribution in [0.1, 0.15) is 16.8 Å². The molecule has 0 fully saturated rings. The van der Waals surface area contributed by atoms with Crippen molar-refractivity contribution < 1.29 is 0 Å². The molecule has 1 rings (SSSR count). The van der Waals surface area contributed by atoms with Crippen LogP contribution < -0.4 is 11.5 Å². The highest BCUT2D eigenvalue weighted by atomic mass is 127. The van der Waals surface area contributed by atoms with E-state index in [9.17, 15) is 0 Å². The third kappa shape index (κ3) is 2.10. The molecule has 1 aromatic heterocycles. The van der Waals surface area contributed by atoms with Crippen molar-refractivity contribution in [1.82, 2.24) is 4.98 Å². The number of nitrogens with zero attached hydrogens (tertiary/aromatic N) is 2. The summed E-state index contributed by atoms with van der Waals surface area (Å²) in [5.74, 6) is 0.281. The molecule has 4 N–H and O–H groups in total. The largest absolute Gasteiger partial charge is 0.389 e. The number of anilines is 1. The van der Waals surface area contributed by atoms with Gasteiger partial charge in [0.25, 0.3) is 0 Å².